The first-order valence-electron chi connectivity index (χ1n) is 8.30. The molecule has 0 radical (unpaired) electrons. The fourth-order valence-corrected chi connectivity index (χ4v) is 3.18. The van der Waals surface area contributed by atoms with E-state index in [1.807, 2.05) is 12.3 Å². The third kappa shape index (κ3) is 4.56. The van der Waals surface area contributed by atoms with Gasteiger partial charge in [-0.15, -0.1) is 0 Å². The van der Waals surface area contributed by atoms with Crippen molar-refractivity contribution in [3.05, 3.63) is 47.9 Å². The van der Waals surface area contributed by atoms with Gasteiger partial charge < -0.3 is 15.4 Å². The third-order valence-electron chi connectivity index (χ3n) is 4.60. The van der Waals surface area contributed by atoms with Gasteiger partial charge in [0, 0.05) is 45.5 Å². The van der Waals surface area contributed by atoms with Crippen molar-refractivity contribution in [2.24, 2.45) is 5.92 Å². The zero-order valence-electron chi connectivity index (χ0n) is 13.8. The van der Waals surface area contributed by atoms with Gasteiger partial charge in [-0.2, -0.15) is 0 Å². The van der Waals surface area contributed by atoms with E-state index in [0.717, 1.165) is 51.4 Å². The topological polar surface area (TPSA) is 54.6 Å². The van der Waals surface area contributed by atoms with Crippen LogP contribution in [-0.4, -0.2) is 54.6 Å². The Balaban J connectivity index is 1.41. The van der Waals surface area contributed by atoms with Crippen LogP contribution in [0.3, 0.4) is 0 Å². The van der Waals surface area contributed by atoms with Gasteiger partial charge >= 0.3 is 0 Å². The Morgan fingerprint density at radius 2 is 2.00 bits per heavy atom. The van der Waals surface area contributed by atoms with E-state index in [2.05, 4.69) is 39.1 Å². The molecule has 0 saturated carbocycles. The van der Waals surface area contributed by atoms with Crippen LogP contribution in [0.2, 0.25) is 0 Å². The number of methoxy groups -OCH3 is 1. The molecular formula is C18H26N4O. The van der Waals surface area contributed by atoms with E-state index < -0.39 is 0 Å². The van der Waals surface area contributed by atoms with Crippen LogP contribution in [0.25, 0.3) is 0 Å². The van der Waals surface area contributed by atoms with E-state index in [-0.39, 0.29) is 0 Å². The quantitative estimate of drug-likeness (QED) is 0.899. The van der Waals surface area contributed by atoms with Crippen LogP contribution in [0.4, 0.5) is 5.82 Å². The highest BCUT2D eigenvalue weighted by atomic mass is 16.5. The summed E-state index contributed by atoms with van der Waals surface area (Å²) < 4.78 is 5.25. The van der Waals surface area contributed by atoms with Gasteiger partial charge in [0.1, 0.15) is 11.6 Å². The Morgan fingerprint density at radius 3 is 2.61 bits per heavy atom. The fourth-order valence-electron chi connectivity index (χ4n) is 3.18. The lowest BCUT2D eigenvalue weighted by Crippen LogP contribution is -2.47. The van der Waals surface area contributed by atoms with Crippen LogP contribution in [0, 0.1) is 5.92 Å². The third-order valence-corrected chi connectivity index (χ3v) is 4.60. The number of aromatic nitrogens is 1. The highest BCUT2D eigenvalue weighted by Crippen LogP contribution is 2.19. The van der Waals surface area contributed by atoms with Crippen molar-refractivity contribution in [2.75, 3.05) is 45.6 Å². The van der Waals surface area contributed by atoms with Crippen LogP contribution >= 0.6 is 0 Å². The van der Waals surface area contributed by atoms with Gasteiger partial charge in [0.15, 0.2) is 0 Å². The molecule has 0 spiro atoms. The number of piperazine rings is 1. The van der Waals surface area contributed by atoms with E-state index in [1.54, 1.807) is 7.11 Å². The molecule has 1 atom stereocenters. The Morgan fingerprint density at radius 1 is 1.22 bits per heavy atom. The number of allylic oxidation sites excluding steroid dienone is 2. The average molecular weight is 314 g/mol. The van der Waals surface area contributed by atoms with Gasteiger partial charge in [-0.25, -0.2) is 4.98 Å². The molecule has 1 aliphatic heterocycles. The first-order valence-corrected chi connectivity index (χ1v) is 8.30. The second-order valence-corrected chi connectivity index (χ2v) is 6.33. The average Bonchev–Trinajstić information content (AvgIpc) is 2.59. The molecule has 1 fully saturated rings. The molecule has 2 aliphatic rings. The summed E-state index contributed by atoms with van der Waals surface area (Å²) in [4.78, 5) is 9.22. The lowest BCUT2D eigenvalue weighted by Gasteiger charge is -2.36. The van der Waals surface area contributed by atoms with Gasteiger partial charge in [-0.05, 0) is 36.1 Å². The number of pyridine rings is 1. The molecule has 2 heterocycles. The molecule has 1 unspecified atom stereocenters. The zero-order valence-corrected chi connectivity index (χ0v) is 13.8. The Bertz CT molecular complexity index is 559. The summed E-state index contributed by atoms with van der Waals surface area (Å²) >= 11 is 0. The minimum absolute atomic E-state index is 0.588. The fraction of sp³-hybridized carbons (Fsp3) is 0.500. The lowest BCUT2D eigenvalue weighted by molar-refractivity contribution is 0.118. The second-order valence-electron chi connectivity index (χ2n) is 6.33. The zero-order chi connectivity index (χ0) is 16.1. The Labute approximate surface area is 138 Å². The number of hydrogen-bond acceptors (Lipinski definition) is 5. The summed E-state index contributed by atoms with van der Waals surface area (Å²) in [5.41, 5.74) is 6.87. The predicted octanol–water partition coefficient (Wildman–Crippen LogP) is 1.89. The molecule has 2 N–H and O–H groups in total. The number of anilines is 1. The molecule has 0 bridgehead atoms. The number of nitrogens with zero attached hydrogens (tertiary/aromatic N) is 3. The van der Waals surface area contributed by atoms with Crippen LogP contribution in [0.15, 0.2) is 42.3 Å². The molecule has 3 rings (SSSR count). The lowest BCUT2D eigenvalue weighted by atomic mass is 9.99. The molecule has 1 saturated heterocycles. The maximum atomic E-state index is 5.64. The number of nitrogen functional groups attached to an aromatic ring is 1. The van der Waals surface area contributed by atoms with E-state index >= 15 is 0 Å². The van der Waals surface area contributed by atoms with Crippen molar-refractivity contribution in [3.8, 4) is 0 Å². The molecule has 1 aliphatic carbocycles. The summed E-state index contributed by atoms with van der Waals surface area (Å²) in [7, 11) is 1.73. The van der Waals surface area contributed by atoms with Gasteiger partial charge in [0.25, 0.3) is 0 Å². The molecule has 124 valence electrons. The van der Waals surface area contributed by atoms with E-state index in [9.17, 15) is 0 Å². The van der Waals surface area contributed by atoms with Gasteiger partial charge in [0.2, 0.25) is 0 Å². The van der Waals surface area contributed by atoms with Gasteiger partial charge in [-0.1, -0.05) is 12.1 Å². The molecule has 5 nitrogen and oxygen atoms in total. The minimum atomic E-state index is 0.588. The maximum absolute atomic E-state index is 5.64. The summed E-state index contributed by atoms with van der Waals surface area (Å²) in [6.07, 6.45) is 9.53. The molecule has 1 aromatic rings. The summed E-state index contributed by atoms with van der Waals surface area (Å²) in [6, 6.07) is 3.95. The Hall–Kier alpha value is -1.85. The highest BCUT2D eigenvalue weighted by Gasteiger charge is 2.20. The van der Waals surface area contributed by atoms with Crippen molar-refractivity contribution in [3.63, 3.8) is 0 Å². The van der Waals surface area contributed by atoms with Gasteiger partial charge in [-0.3, -0.25) is 4.90 Å². The van der Waals surface area contributed by atoms with Crippen LogP contribution in [0.1, 0.15) is 12.0 Å². The summed E-state index contributed by atoms with van der Waals surface area (Å²) in [5.74, 6) is 2.19. The summed E-state index contributed by atoms with van der Waals surface area (Å²) in [5, 5.41) is 0. The van der Waals surface area contributed by atoms with Crippen LogP contribution in [0.5, 0.6) is 0 Å². The SMILES string of the molecule is COC1=CCC(CN2CCN(Cc3ccc(N)nc3)CC2)C=C1. The standard InChI is InChI=1S/C18H26N4O/c1-23-17-5-2-15(3-6-17)13-21-8-10-22(11-9-21)14-16-4-7-18(19)20-12-16/h2,4-7,12,15H,3,8-11,13-14H2,1H3,(H2,19,20). The monoisotopic (exact) mass is 314 g/mol. The molecule has 5 heteroatoms. The maximum Gasteiger partial charge on any atom is 0.123 e. The van der Waals surface area contributed by atoms with Crippen LogP contribution < -0.4 is 5.73 Å². The highest BCUT2D eigenvalue weighted by molar-refractivity contribution is 5.29. The minimum Gasteiger partial charge on any atom is -0.497 e. The van der Waals surface area contributed by atoms with Crippen molar-refractivity contribution in [1.82, 2.24) is 14.8 Å². The first-order chi connectivity index (χ1) is 11.2. The molecule has 0 amide bonds. The largest absolute Gasteiger partial charge is 0.497 e. The van der Waals surface area contributed by atoms with Gasteiger partial charge in [0.05, 0.1) is 7.11 Å². The summed E-state index contributed by atoms with van der Waals surface area (Å²) in [6.45, 7) is 6.59. The number of rotatable bonds is 5. The molecule has 23 heavy (non-hydrogen) atoms. The number of nitrogens with two attached hydrogens (primary N) is 1. The van der Waals surface area contributed by atoms with Crippen molar-refractivity contribution in [1.29, 1.82) is 0 Å². The molecular weight excluding hydrogens is 288 g/mol. The molecule has 0 aromatic carbocycles. The number of ether oxygens (including phenoxy) is 1. The van der Waals surface area contributed by atoms with Crippen molar-refractivity contribution >= 4 is 5.82 Å². The predicted molar refractivity (Wildman–Crippen MR) is 92.7 cm³/mol. The molecule has 1 aromatic heterocycles. The smallest absolute Gasteiger partial charge is 0.123 e. The van der Waals surface area contributed by atoms with Crippen LogP contribution in [-0.2, 0) is 11.3 Å². The van der Waals surface area contributed by atoms with E-state index in [0.29, 0.717) is 11.7 Å². The van der Waals surface area contributed by atoms with Crippen molar-refractivity contribution < 1.29 is 4.74 Å². The first kappa shape index (κ1) is 16.0. The normalized spacial score (nSPS) is 22.8. The Kier molecular flexibility index (Phi) is 5.31. The van der Waals surface area contributed by atoms with E-state index in [1.165, 1.54) is 5.56 Å². The number of hydrogen-bond donors (Lipinski definition) is 1. The second kappa shape index (κ2) is 7.62. The van der Waals surface area contributed by atoms with E-state index in [4.69, 9.17) is 10.5 Å². The van der Waals surface area contributed by atoms with Crippen molar-refractivity contribution in [2.45, 2.75) is 13.0 Å².